The number of nitro groups is 1. The predicted molar refractivity (Wildman–Crippen MR) is 70.9 cm³/mol. The number of ether oxygens (including phenoxy) is 1. The number of sulfonamides is 1. The van der Waals surface area contributed by atoms with E-state index < -0.39 is 14.9 Å². The molecule has 2 N–H and O–H groups in total. The highest BCUT2D eigenvalue weighted by molar-refractivity contribution is 7.89. The average Bonchev–Trinajstić information content (AvgIpc) is 2.85. The molecule has 2 rings (SSSR count). The van der Waals surface area contributed by atoms with Crippen molar-refractivity contribution in [2.24, 2.45) is 0 Å². The van der Waals surface area contributed by atoms with Gasteiger partial charge in [-0.1, -0.05) is 0 Å². The Hall–Kier alpha value is -1.55. The monoisotopic (exact) mass is 301 g/mol. The first-order valence-electron chi connectivity index (χ1n) is 5.94. The molecule has 20 heavy (non-hydrogen) atoms. The highest BCUT2D eigenvalue weighted by atomic mass is 32.2. The summed E-state index contributed by atoms with van der Waals surface area (Å²) >= 11 is 0. The van der Waals surface area contributed by atoms with Gasteiger partial charge in [-0.3, -0.25) is 10.1 Å². The van der Waals surface area contributed by atoms with Crippen molar-refractivity contribution in [3.8, 4) is 0 Å². The summed E-state index contributed by atoms with van der Waals surface area (Å²) in [6.07, 6.45) is -0.233. The Bertz CT molecular complexity index is 587. The molecule has 9 heteroatoms. The van der Waals surface area contributed by atoms with Crippen molar-refractivity contribution >= 4 is 15.7 Å². The Morgan fingerprint density at radius 3 is 2.55 bits per heavy atom. The van der Waals surface area contributed by atoms with Crippen LogP contribution in [0.2, 0.25) is 0 Å². The summed E-state index contributed by atoms with van der Waals surface area (Å²) in [7, 11) is -2.20. The molecular formula is C11H15N3O5S. The van der Waals surface area contributed by atoms with E-state index in [1.165, 1.54) is 19.2 Å². The number of nitro benzene ring substituents is 1. The van der Waals surface area contributed by atoms with Crippen molar-refractivity contribution in [2.75, 3.05) is 20.2 Å². The molecule has 1 aliphatic heterocycles. The van der Waals surface area contributed by atoms with Crippen LogP contribution in [0.15, 0.2) is 29.2 Å². The summed E-state index contributed by atoms with van der Waals surface area (Å²) in [6.45, 7) is 1.05. The Labute approximate surface area is 116 Å². The molecule has 0 amide bonds. The van der Waals surface area contributed by atoms with Gasteiger partial charge in [0.2, 0.25) is 10.0 Å². The third-order valence-corrected chi connectivity index (χ3v) is 4.63. The molecule has 0 saturated carbocycles. The maximum atomic E-state index is 12.2. The molecule has 1 saturated heterocycles. The van der Waals surface area contributed by atoms with E-state index in [9.17, 15) is 18.5 Å². The third kappa shape index (κ3) is 3.12. The molecule has 110 valence electrons. The van der Waals surface area contributed by atoms with Crippen LogP contribution in [0.3, 0.4) is 0 Å². The molecule has 0 aromatic heterocycles. The summed E-state index contributed by atoms with van der Waals surface area (Å²) in [4.78, 5) is 9.95. The third-order valence-electron chi connectivity index (χ3n) is 3.13. The van der Waals surface area contributed by atoms with E-state index in [1.807, 2.05) is 0 Å². The number of hydrogen-bond donors (Lipinski definition) is 2. The number of nitrogens with zero attached hydrogens (tertiary/aromatic N) is 1. The van der Waals surface area contributed by atoms with Gasteiger partial charge in [0, 0.05) is 32.3 Å². The molecule has 2 atom stereocenters. The van der Waals surface area contributed by atoms with Crippen LogP contribution in [0.4, 0.5) is 5.69 Å². The minimum absolute atomic E-state index is 0.00940. The van der Waals surface area contributed by atoms with Gasteiger partial charge in [-0.15, -0.1) is 0 Å². The maximum absolute atomic E-state index is 12.2. The van der Waals surface area contributed by atoms with Crippen LogP contribution in [0.25, 0.3) is 0 Å². The van der Waals surface area contributed by atoms with Crippen LogP contribution >= 0.6 is 0 Å². The number of non-ortho nitro benzene ring substituents is 1. The van der Waals surface area contributed by atoms with Gasteiger partial charge in [-0.05, 0) is 12.1 Å². The fraction of sp³-hybridized carbons (Fsp3) is 0.455. The van der Waals surface area contributed by atoms with Crippen molar-refractivity contribution in [1.82, 2.24) is 10.0 Å². The lowest BCUT2D eigenvalue weighted by atomic mass is 10.2. The van der Waals surface area contributed by atoms with Crippen LogP contribution in [0.1, 0.15) is 0 Å². The number of methoxy groups -OCH3 is 1. The van der Waals surface area contributed by atoms with E-state index in [0.29, 0.717) is 13.1 Å². The number of nitrogens with one attached hydrogen (secondary N) is 2. The lowest BCUT2D eigenvalue weighted by molar-refractivity contribution is -0.384. The van der Waals surface area contributed by atoms with E-state index >= 15 is 0 Å². The number of benzene rings is 1. The largest absolute Gasteiger partial charge is 0.378 e. The average molecular weight is 301 g/mol. The Morgan fingerprint density at radius 1 is 1.35 bits per heavy atom. The van der Waals surface area contributed by atoms with Crippen molar-refractivity contribution in [3.63, 3.8) is 0 Å². The Kier molecular flexibility index (Phi) is 4.33. The Balaban J connectivity index is 2.15. The smallest absolute Gasteiger partial charge is 0.269 e. The normalized spacial score (nSPS) is 22.9. The van der Waals surface area contributed by atoms with Crippen LogP contribution in [-0.2, 0) is 14.8 Å². The lowest BCUT2D eigenvalue weighted by Gasteiger charge is -2.18. The zero-order chi connectivity index (χ0) is 14.8. The molecule has 8 nitrogen and oxygen atoms in total. The summed E-state index contributed by atoms with van der Waals surface area (Å²) in [6, 6.07) is 4.39. The van der Waals surface area contributed by atoms with E-state index in [-0.39, 0.29) is 22.7 Å². The zero-order valence-corrected chi connectivity index (χ0v) is 11.6. The fourth-order valence-electron chi connectivity index (χ4n) is 2.03. The first kappa shape index (κ1) is 14.9. The minimum atomic E-state index is -3.72. The molecule has 0 bridgehead atoms. The van der Waals surface area contributed by atoms with E-state index in [0.717, 1.165) is 12.1 Å². The summed E-state index contributed by atoms with van der Waals surface area (Å²) in [5.41, 5.74) is -0.152. The topological polar surface area (TPSA) is 111 Å². The van der Waals surface area contributed by atoms with E-state index in [1.54, 1.807) is 0 Å². The molecule has 1 aliphatic rings. The maximum Gasteiger partial charge on any atom is 0.269 e. The standard InChI is InChI=1S/C11H15N3O5S/c1-19-11-7-12-6-10(11)13-20(17,18)9-4-2-8(3-5-9)14(15)16/h2-5,10-13H,6-7H2,1H3/t10-,11-/m0/s1. The van der Waals surface area contributed by atoms with Gasteiger partial charge in [0.1, 0.15) is 0 Å². The van der Waals surface area contributed by atoms with Crippen molar-refractivity contribution in [1.29, 1.82) is 0 Å². The van der Waals surface area contributed by atoms with Crippen LogP contribution in [-0.4, -0.2) is 45.7 Å². The van der Waals surface area contributed by atoms with Crippen molar-refractivity contribution in [2.45, 2.75) is 17.0 Å². The second-order valence-corrected chi connectivity index (χ2v) is 6.13. The summed E-state index contributed by atoms with van der Waals surface area (Å²) in [5.74, 6) is 0. The quantitative estimate of drug-likeness (QED) is 0.578. The number of hydrogen-bond acceptors (Lipinski definition) is 6. The van der Waals surface area contributed by atoms with Crippen LogP contribution in [0.5, 0.6) is 0 Å². The van der Waals surface area contributed by atoms with Gasteiger partial charge in [-0.2, -0.15) is 0 Å². The van der Waals surface area contributed by atoms with Crippen molar-refractivity contribution < 1.29 is 18.1 Å². The van der Waals surface area contributed by atoms with Gasteiger partial charge >= 0.3 is 0 Å². The fourth-order valence-corrected chi connectivity index (χ4v) is 3.30. The Morgan fingerprint density at radius 2 is 2.00 bits per heavy atom. The zero-order valence-electron chi connectivity index (χ0n) is 10.8. The van der Waals surface area contributed by atoms with Gasteiger partial charge < -0.3 is 10.1 Å². The molecule has 1 aromatic carbocycles. The van der Waals surface area contributed by atoms with Gasteiger partial charge in [0.25, 0.3) is 5.69 Å². The first-order valence-corrected chi connectivity index (χ1v) is 7.42. The minimum Gasteiger partial charge on any atom is -0.378 e. The number of rotatable bonds is 5. The predicted octanol–water partition coefficient (Wildman–Crippen LogP) is -0.140. The molecule has 0 aliphatic carbocycles. The van der Waals surface area contributed by atoms with Crippen LogP contribution in [0, 0.1) is 10.1 Å². The summed E-state index contributed by atoms with van der Waals surface area (Å²) < 4.78 is 32.0. The highest BCUT2D eigenvalue weighted by Gasteiger charge is 2.31. The summed E-state index contributed by atoms with van der Waals surface area (Å²) in [5, 5.41) is 13.6. The highest BCUT2D eigenvalue weighted by Crippen LogP contribution is 2.17. The second kappa shape index (κ2) is 5.83. The molecule has 0 unspecified atom stereocenters. The first-order chi connectivity index (χ1) is 9.44. The van der Waals surface area contributed by atoms with Gasteiger partial charge in [-0.25, -0.2) is 13.1 Å². The molecule has 0 spiro atoms. The molecule has 1 heterocycles. The van der Waals surface area contributed by atoms with E-state index in [4.69, 9.17) is 4.74 Å². The van der Waals surface area contributed by atoms with E-state index in [2.05, 4.69) is 10.0 Å². The van der Waals surface area contributed by atoms with Gasteiger partial charge in [0.15, 0.2) is 0 Å². The second-order valence-electron chi connectivity index (χ2n) is 4.41. The SMILES string of the molecule is CO[C@H]1CNC[C@@H]1NS(=O)(=O)c1ccc([N+](=O)[O-])cc1. The van der Waals surface area contributed by atoms with Crippen molar-refractivity contribution in [3.05, 3.63) is 34.4 Å². The molecular weight excluding hydrogens is 286 g/mol. The van der Waals surface area contributed by atoms with Crippen LogP contribution < -0.4 is 10.0 Å². The van der Waals surface area contributed by atoms with Gasteiger partial charge in [0.05, 0.1) is 22.0 Å². The molecule has 0 radical (unpaired) electrons. The molecule has 1 fully saturated rings. The molecule has 1 aromatic rings. The lowest BCUT2D eigenvalue weighted by Crippen LogP contribution is -2.43.